The fourth-order valence-electron chi connectivity index (χ4n) is 3.11. The van der Waals surface area contributed by atoms with Crippen molar-refractivity contribution in [3.63, 3.8) is 0 Å². The van der Waals surface area contributed by atoms with E-state index in [-0.39, 0.29) is 36.1 Å². The van der Waals surface area contributed by atoms with E-state index < -0.39 is 5.60 Å². The van der Waals surface area contributed by atoms with Gasteiger partial charge in [-0.2, -0.15) is 0 Å². The molecule has 0 aromatic rings. The van der Waals surface area contributed by atoms with Crippen molar-refractivity contribution in [1.82, 2.24) is 20.4 Å². The summed E-state index contributed by atoms with van der Waals surface area (Å²) < 4.78 is 5.36. The molecule has 2 N–H and O–H groups in total. The van der Waals surface area contributed by atoms with Crippen molar-refractivity contribution in [2.45, 2.75) is 58.1 Å². The van der Waals surface area contributed by atoms with Crippen LogP contribution in [0.4, 0.5) is 4.79 Å². The Hall–Kier alpha value is -0.770. The van der Waals surface area contributed by atoms with Crippen LogP contribution in [-0.4, -0.2) is 79.8 Å². The monoisotopic (exact) mass is 481 g/mol. The Morgan fingerprint density at radius 3 is 2.42 bits per heavy atom. The van der Waals surface area contributed by atoms with Crippen LogP contribution in [0.5, 0.6) is 0 Å². The Kier molecular flexibility index (Phi) is 9.99. The third kappa shape index (κ3) is 8.28. The Balaban J connectivity index is 0.00000338. The number of hydrogen-bond acceptors (Lipinski definition) is 4. The highest BCUT2D eigenvalue weighted by atomic mass is 127. The molecule has 2 aliphatic rings. The van der Waals surface area contributed by atoms with Gasteiger partial charge in [0.05, 0.1) is 6.04 Å². The summed E-state index contributed by atoms with van der Waals surface area (Å²) in [6.07, 6.45) is 4.84. The predicted octanol–water partition coefficient (Wildman–Crippen LogP) is 2.26. The van der Waals surface area contributed by atoms with E-state index in [9.17, 15) is 4.79 Å². The van der Waals surface area contributed by atoms with Crippen molar-refractivity contribution in [2.24, 2.45) is 4.99 Å². The molecular formula is C18H36IN5O2. The SMILES string of the molecule is CN=C(NCCCCN1CCCC1)NC1CN(C(=O)OC(C)(C)C)C1.I. The molecule has 2 heterocycles. The summed E-state index contributed by atoms with van der Waals surface area (Å²) in [5.74, 6) is 0.815. The molecule has 2 fully saturated rings. The first-order valence-electron chi connectivity index (χ1n) is 9.55. The van der Waals surface area contributed by atoms with Gasteiger partial charge in [-0.1, -0.05) is 0 Å². The molecule has 2 rings (SSSR count). The van der Waals surface area contributed by atoms with Crippen LogP contribution in [0.1, 0.15) is 46.5 Å². The zero-order valence-electron chi connectivity index (χ0n) is 16.7. The van der Waals surface area contributed by atoms with E-state index in [2.05, 4.69) is 20.5 Å². The van der Waals surface area contributed by atoms with E-state index in [0.717, 1.165) is 18.9 Å². The molecule has 152 valence electrons. The van der Waals surface area contributed by atoms with Crippen molar-refractivity contribution >= 4 is 36.0 Å². The van der Waals surface area contributed by atoms with Crippen molar-refractivity contribution in [3.05, 3.63) is 0 Å². The molecule has 0 aromatic carbocycles. The van der Waals surface area contributed by atoms with E-state index in [4.69, 9.17) is 4.74 Å². The van der Waals surface area contributed by atoms with Gasteiger partial charge in [-0.15, -0.1) is 24.0 Å². The molecule has 2 aliphatic heterocycles. The minimum absolute atomic E-state index is 0. The third-order valence-electron chi connectivity index (χ3n) is 4.49. The fourth-order valence-corrected chi connectivity index (χ4v) is 3.11. The van der Waals surface area contributed by atoms with Crippen LogP contribution in [0.3, 0.4) is 0 Å². The smallest absolute Gasteiger partial charge is 0.410 e. The molecule has 0 atom stereocenters. The number of amides is 1. The number of rotatable bonds is 6. The zero-order chi connectivity index (χ0) is 18.3. The van der Waals surface area contributed by atoms with Gasteiger partial charge in [0.1, 0.15) is 5.60 Å². The highest BCUT2D eigenvalue weighted by molar-refractivity contribution is 14.0. The first kappa shape index (κ1) is 23.3. The van der Waals surface area contributed by atoms with Crippen molar-refractivity contribution in [1.29, 1.82) is 0 Å². The molecule has 0 aliphatic carbocycles. The van der Waals surface area contributed by atoms with Crippen LogP contribution in [0.15, 0.2) is 4.99 Å². The maximum atomic E-state index is 11.9. The van der Waals surface area contributed by atoms with E-state index in [0.29, 0.717) is 13.1 Å². The Morgan fingerprint density at radius 2 is 1.85 bits per heavy atom. The van der Waals surface area contributed by atoms with E-state index in [1.165, 1.54) is 38.9 Å². The topological polar surface area (TPSA) is 69.2 Å². The molecule has 0 saturated carbocycles. The molecule has 7 nitrogen and oxygen atoms in total. The van der Waals surface area contributed by atoms with Gasteiger partial charge in [0.2, 0.25) is 0 Å². The summed E-state index contributed by atoms with van der Waals surface area (Å²) in [4.78, 5) is 20.4. The second kappa shape index (κ2) is 11.2. The Morgan fingerprint density at radius 1 is 1.19 bits per heavy atom. The van der Waals surface area contributed by atoms with Crippen LogP contribution in [-0.2, 0) is 4.74 Å². The van der Waals surface area contributed by atoms with Gasteiger partial charge in [-0.05, 0) is 66.1 Å². The van der Waals surface area contributed by atoms with Crippen molar-refractivity contribution in [3.8, 4) is 0 Å². The molecule has 0 bridgehead atoms. The molecule has 0 unspecified atom stereocenters. The largest absolute Gasteiger partial charge is 0.444 e. The molecule has 26 heavy (non-hydrogen) atoms. The summed E-state index contributed by atoms with van der Waals surface area (Å²) in [5, 5.41) is 6.72. The lowest BCUT2D eigenvalue weighted by Gasteiger charge is -2.40. The molecule has 2 saturated heterocycles. The molecule has 0 aromatic heterocycles. The van der Waals surface area contributed by atoms with Gasteiger partial charge in [0.15, 0.2) is 5.96 Å². The summed E-state index contributed by atoms with van der Waals surface area (Å²) in [6.45, 7) is 11.6. The van der Waals surface area contributed by atoms with Crippen molar-refractivity contribution in [2.75, 3.05) is 46.3 Å². The quantitative estimate of drug-likeness (QED) is 0.264. The number of nitrogens with one attached hydrogen (secondary N) is 2. The Labute approximate surface area is 175 Å². The Bertz CT molecular complexity index is 455. The number of aliphatic imine (C=N–C) groups is 1. The van der Waals surface area contributed by atoms with Gasteiger partial charge >= 0.3 is 6.09 Å². The highest BCUT2D eigenvalue weighted by Crippen LogP contribution is 2.15. The normalized spacial score (nSPS) is 18.9. The summed E-state index contributed by atoms with van der Waals surface area (Å²) in [5.41, 5.74) is -0.442. The number of carbonyl (C=O) groups excluding carboxylic acids is 1. The predicted molar refractivity (Wildman–Crippen MR) is 116 cm³/mol. The van der Waals surface area contributed by atoms with Crippen LogP contribution < -0.4 is 10.6 Å². The van der Waals surface area contributed by atoms with E-state index in [1.54, 1.807) is 11.9 Å². The number of guanidine groups is 1. The summed E-state index contributed by atoms with van der Waals surface area (Å²) >= 11 is 0. The lowest BCUT2D eigenvalue weighted by molar-refractivity contribution is 0.00701. The van der Waals surface area contributed by atoms with E-state index >= 15 is 0 Å². The average molecular weight is 481 g/mol. The van der Waals surface area contributed by atoms with Crippen molar-refractivity contribution < 1.29 is 9.53 Å². The van der Waals surface area contributed by atoms with Gasteiger partial charge in [0, 0.05) is 26.7 Å². The van der Waals surface area contributed by atoms with E-state index in [1.807, 2.05) is 20.8 Å². The number of halogens is 1. The number of ether oxygens (including phenoxy) is 1. The lowest BCUT2D eigenvalue weighted by atomic mass is 10.1. The first-order valence-corrected chi connectivity index (χ1v) is 9.55. The summed E-state index contributed by atoms with van der Waals surface area (Å²) in [7, 11) is 1.78. The maximum absolute atomic E-state index is 11.9. The molecule has 1 amide bonds. The second-order valence-corrected chi connectivity index (χ2v) is 7.98. The second-order valence-electron chi connectivity index (χ2n) is 7.98. The number of hydrogen-bond donors (Lipinski definition) is 2. The number of unbranched alkanes of at least 4 members (excludes halogenated alkanes) is 1. The maximum Gasteiger partial charge on any atom is 0.410 e. The van der Waals surface area contributed by atoms with Crippen LogP contribution in [0.2, 0.25) is 0 Å². The van der Waals surface area contributed by atoms with Crippen LogP contribution >= 0.6 is 24.0 Å². The van der Waals surface area contributed by atoms with Crippen LogP contribution in [0.25, 0.3) is 0 Å². The molecule has 0 radical (unpaired) electrons. The standard InChI is InChI=1S/C18H35N5O2.HI/c1-18(2,3)25-17(24)23-13-15(14-23)21-16(19-4)20-9-5-6-10-22-11-7-8-12-22;/h15H,5-14H2,1-4H3,(H2,19,20,21);1H. The van der Waals surface area contributed by atoms with Gasteiger partial charge < -0.3 is 25.2 Å². The minimum atomic E-state index is -0.442. The third-order valence-corrected chi connectivity index (χ3v) is 4.49. The van der Waals surface area contributed by atoms with Gasteiger partial charge in [0.25, 0.3) is 0 Å². The number of nitrogens with zero attached hydrogens (tertiary/aromatic N) is 3. The van der Waals surface area contributed by atoms with Crippen LogP contribution in [0, 0.1) is 0 Å². The minimum Gasteiger partial charge on any atom is -0.444 e. The molecule has 8 heteroatoms. The summed E-state index contributed by atoms with van der Waals surface area (Å²) in [6, 6.07) is 0.239. The first-order chi connectivity index (χ1) is 11.9. The zero-order valence-corrected chi connectivity index (χ0v) is 19.0. The fraction of sp³-hybridized carbons (Fsp3) is 0.889. The lowest BCUT2D eigenvalue weighted by Crippen LogP contribution is -2.63. The number of carbonyl (C=O) groups is 1. The average Bonchev–Trinajstić information content (AvgIpc) is 2.99. The molecular weight excluding hydrogens is 445 g/mol. The van der Waals surface area contributed by atoms with Gasteiger partial charge in [-0.25, -0.2) is 4.79 Å². The molecule has 0 spiro atoms. The van der Waals surface area contributed by atoms with Gasteiger partial charge in [-0.3, -0.25) is 4.99 Å². The number of likely N-dealkylation sites (tertiary alicyclic amines) is 2. The highest BCUT2D eigenvalue weighted by Gasteiger charge is 2.34.